The van der Waals surface area contributed by atoms with Gasteiger partial charge in [0.15, 0.2) is 12.2 Å². The van der Waals surface area contributed by atoms with Crippen molar-refractivity contribution < 1.29 is 37.6 Å². The number of benzene rings is 4. The molecule has 0 aliphatic carbocycles. The summed E-state index contributed by atoms with van der Waals surface area (Å²) in [6.45, 7) is 7.60. The smallest absolute Gasteiger partial charge is 0.426 e. The third-order valence-electron chi connectivity index (χ3n) is 8.99. The summed E-state index contributed by atoms with van der Waals surface area (Å²) < 4.78 is 43.6. The van der Waals surface area contributed by atoms with Crippen molar-refractivity contribution in [1.29, 1.82) is 0 Å². The average Bonchev–Trinajstić information content (AvgIpc) is 3.12. The second kappa shape index (κ2) is 17.2. The first kappa shape index (κ1) is 36.4. The van der Waals surface area contributed by atoms with Gasteiger partial charge in [0.05, 0.1) is 26.4 Å². The molecule has 49 heavy (non-hydrogen) atoms. The van der Waals surface area contributed by atoms with Gasteiger partial charge in [0.1, 0.15) is 18.3 Å². The monoisotopic (exact) mass is 684 g/mol. The zero-order valence-corrected chi connectivity index (χ0v) is 30.0. The van der Waals surface area contributed by atoms with Gasteiger partial charge in [-0.1, -0.05) is 142 Å². The van der Waals surface area contributed by atoms with Crippen molar-refractivity contribution in [3.05, 3.63) is 132 Å². The third kappa shape index (κ3) is 8.86. The molecule has 0 N–H and O–H groups in total. The predicted octanol–water partition coefficient (Wildman–Crippen LogP) is 6.30. The molecule has 0 radical (unpaired) electrons. The van der Waals surface area contributed by atoms with Crippen LogP contribution < -0.4 is 10.4 Å². The van der Waals surface area contributed by atoms with Crippen molar-refractivity contribution in [3.63, 3.8) is 0 Å². The van der Waals surface area contributed by atoms with Crippen LogP contribution in [0.1, 0.15) is 31.9 Å². The minimum atomic E-state index is -2.94. The molecule has 1 aliphatic heterocycles. The highest BCUT2D eigenvalue weighted by atomic mass is 28.4. The van der Waals surface area contributed by atoms with E-state index in [1.807, 2.05) is 97.1 Å². The lowest BCUT2D eigenvalue weighted by Crippen LogP contribution is -2.68. The third-order valence-corrected chi connectivity index (χ3v) is 14.0. The van der Waals surface area contributed by atoms with Gasteiger partial charge >= 0.3 is 6.16 Å². The zero-order chi connectivity index (χ0) is 34.7. The van der Waals surface area contributed by atoms with E-state index in [9.17, 15) is 4.79 Å². The van der Waals surface area contributed by atoms with E-state index in [2.05, 4.69) is 45.0 Å². The van der Waals surface area contributed by atoms with Crippen LogP contribution in [0.5, 0.6) is 0 Å². The van der Waals surface area contributed by atoms with E-state index in [1.165, 1.54) is 0 Å². The Morgan fingerprint density at radius 2 is 1.22 bits per heavy atom. The normalized spacial score (nSPS) is 19.4. The van der Waals surface area contributed by atoms with E-state index in [1.54, 1.807) is 14.2 Å². The molecule has 260 valence electrons. The maximum Gasteiger partial charge on any atom is 0.509 e. The van der Waals surface area contributed by atoms with Gasteiger partial charge in [-0.2, -0.15) is 0 Å². The Balaban J connectivity index is 1.41. The fraction of sp³-hybridized carbons (Fsp3) is 0.375. The summed E-state index contributed by atoms with van der Waals surface area (Å²) in [5, 5.41) is 1.98. The molecule has 9 heteroatoms. The van der Waals surface area contributed by atoms with Crippen molar-refractivity contribution in [2.75, 3.05) is 27.4 Å². The lowest BCUT2D eigenvalue weighted by molar-refractivity contribution is -0.214. The van der Waals surface area contributed by atoms with Crippen LogP contribution in [0.4, 0.5) is 4.79 Å². The van der Waals surface area contributed by atoms with Crippen LogP contribution in [0.2, 0.25) is 5.04 Å². The molecule has 0 spiro atoms. The Kier molecular flexibility index (Phi) is 12.8. The summed E-state index contributed by atoms with van der Waals surface area (Å²) in [7, 11) is 0.211. The summed E-state index contributed by atoms with van der Waals surface area (Å²) in [5.74, 6) is 0. The van der Waals surface area contributed by atoms with Gasteiger partial charge in [-0.15, -0.1) is 0 Å². The van der Waals surface area contributed by atoms with Crippen molar-refractivity contribution in [2.45, 2.75) is 69.5 Å². The topological polar surface area (TPSA) is 81.7 Å². The molecule has 0 unspecified atom stereocenters. The number of carbonyl (C=O) groups is 1. The number of hydrogen-bond donors (Lipinski definition) is 0. The molecule has 4 aromatic carbocycles. The molecular formula is C40H48O8Si. The molecule has 1 heterocycles. The number of ether oxygens (including phenoxy) is 6. The fourth-order valence-corrected chi connectivity index (χ4v) is 11.2. The fourth-order valence-electron chi connectivity index (χ4n) is 6.63. The molecule has 0 amide bonds. The molecule has 0 bridgehead atoms. The number of cyclic esters (lactones) is 2. The van der Waals surface area contributed by atoms with Crippen LogP contribution in [0.15, 0.2) is 121 Å². The Morgan fingerprint density at radius 3 is 1.71 bits per heavy atom. The van der Waals surface area contributed by atoms with Gasteiger partial charge in [0.2, 0.25) is 0 Å². The van der Waals surface area contributed by atoms with Gasteiger partial charge in [0.25, 0.3) is 8.32 Å². The van der Waals surface area contributed by atoms with Gasteiger partial charge in [-0.25, -0.2) is 4.79 Å². The maximum atomic E-state index is 13.2. The Morgan fingerprint density at radius 1 is 0.714 bits per heavy atom. The van der Waals surface area contributed by atoms with E-state index < -0.39 is 45.0 Å². The highest BCUT2D eigenvalue weighted by Crippen LogP contribution is 2.37. The van der Waals surface area contributed by atoms with Crippen LogP contribution in [-0.2, 0) is 46.1 Å². The minimum absolute atomic E-state index is 0.0911. The number of hydrogen-bond acceptors (Lipinski definition) is 8. The van der Waals surface area contributed by atoms with E-state index in [0.29, 0.717) is 13.2 Å². The van der Waals surface area contributed by atoms with Crippen LogP contribution in [-0.4, -0.2) is 72.4 Å². The number of carbonyl (C=O) groups excluding carboxylic acids is 1. The Bertz CT molecular complexity index is 1510. The van der Waals surface area contributed by atoms with E-state index in [0.717, 1.165) is 21.5 Å². The Labute approximate surface area is 291 Å². The quantitative estimate of drug-likeness (QED) is 0.101. The van der Waals surface area contributed by atoms with Gasteiger partial charge in [-0.05, 0) is 26.5 Å². The van der Waals surface area contributed by atoms with E-state index in [-0.39, 0.29) is 18.3 Å². The van der Waals surface area contributed by atoms with Crippen molar-refractivity contribution in [1.82, 2.24) is 0 Å². The summed E-state index contributed by atoms with van der Waals surface area (Å²) in [5.41, 5.74) is 2.03. The number of methoxy groups -OCH3 is 2. The molecule has 5 atom stereocenters. The Hall–Kier alpha value is -3.83. The SMILES string of the molecule is CO[C@H]([C@H]1OC(=O)O[C@@H](CO[Si](c2ccccc2)(c2ccccc2)C(C)(C)C)[C@H]1OC)[C@H](COCc1ccccc1)OCc1ccccc1. The predicted molar refractivity (Wildman–Crippen MR) is 191 cm³/mol. The minimum Gasteiger partial charge on any atom is -0.426 e. The van der Waals surface area contributed by atoms with Crippen molar-refractivity contribution in [2.24, 2.45) is 0 Å². The molecule has 1 fully saturated rings. The second-order valence-corrected chi connectivity index (χ2v) is 17.5. The molecule has 0 aromatic heterocycles. The van der Waals surface area contributed by atoms with Crippen molar-refractivity contribution in [3.8, 4) is 0 Å². The van der Waals surface area contributed by atoms with Gasteiger partial charge in [-0.3, -0.25) is 0 Å². The molecule has 1 aliphatic rings. The summed E-state index contributed by atoms with van der Waals surface area (Å²) >= 11 is 0. The van der Waals surface area contributed by atoms with Crippen LogP contribution in [0.25, 0.3) is 0 Å². The maximum absolute atomic E-state index is 13.2. The lowest BCUT2D eigenvalue weighted by atomic mass is 9.98. The average molecular weight is 685 g/mol. The van der Waals surface area contributed by atoms with Gasteiger partial charge < -0.3 is 32.8 Å². The van der Waals surface area contributed by atoms with E-state index in [4.69, 9.17) is 32.8 Å². The molecule has 1 saturated heterocycles. The van der Waals surface area contributed by atoms with Crippen LogP contribution in [0, 0.1) is 0 Å². The first-order valence-corrected chi connectivity index (χ1v) is 18.6. The number of rotatable bonds is 16. The summed E-state index contributed by atoms with van der Waals surface area (Å²) in [6, 6.07) is 40.5. The first-order chi connectivity index (χ1) is 23.8. The summed E-state index contributed by atoms with van der Waals surface area (Å²) in [6.07, 6.45) is -4.55. The largest absolute Gasteiger partial charge is 0.509 e. The zero-order valence-electron chi connectivity index (χ0n) is 29.0. The molecule has 8 nitrogen and oxygen atoms in total. The lowest BCUT2D eigenvalue weighted by Gasteiger charge is -2.45. The van der Waals surface area contributed by atoms with Gasteiger partial charge in [0, 0.05) is 14.2 Å². The summed E-state index contributed by atoms with van der Waals surface area (Å²) in [4.78, 5) is 13.2. The standard InChI is InChI=1S/C40H48O8Si/c1-40(2,3)49(32-22-14-8-15-23-32,33-24-16-9-17-25-33)46-29-35-37(43-5)38(48-39(41)47-35)36(42-4)34(45-27-31-20-12-7-13-21-31)28-44-26-30-18-10-6-11-19-30/h6-25,34-38H,26-29H2,1-5H3/t34-,35-,36-,37+,38+/m0/s1. The highest BCUT2D eigenvalue weighted by Gasteiger charge is 2.53. The highest BCUT2D eigenvalue weighted by molar-refractivity contribution is 6.99. The molecule has 5 rings (SSSR count). The van der Waals surface area contributed by atoms with Crippen molar-refractivity contribution >= 4 is 24.8 Å². The molecular weight excluding hydrogens is 637 g/mol. The van der Waals surface area contributed by atoms with Crippen LogP contribution in [0.3, 0.4) is 0 Å². The second-order valence-electron chi connectivity index (χ2n) is 13.2. The van der Waals surface area contributed by atoms with E-state index >= 15 is 0 Å². The first-order valence-electron chi connectivity index (χ1n) is 16.7. The van der Waals surface area contributed by atoms with Crippen LogP contribution >= 0.6 is 0 Å². The molecule has 0 saturated carbocycles. The molecule has 4 aromatic rings.